The van der Waals surface area contributed by atoms with E-state index in [2.05, 4.69) is 0 Å². The number of piperazine rings is 1. The molecule has 0 aliphatic carbocycles. The van der Waals surface area contributed by atoms with Crippen LogP contribution in [0.15, 0.2) is 54.6 Å². The molecule has 2 amide bonds. The van der Waals surface area contributed by atoms with E-state index in [4.69, 9.17) is 0 Å². The summed E-state index contributed by atoms with van der Waals surface area (Å²) in [6.07, 6.45) is 0. The van der Waals surface area contributed by atoms with Crippen LogP contribution < -0.4 is 0 Å². The first-order valence-electron chi connectivity index (χ1n) is 7.55. The molecule has 0 aromatic heterocycles. The summed E-state index contributed by atoms with van der Waals surface area (Å²) >= 11 is 0. The predicted octanol–water partition coefficient (Wildman–Crippen LogP) is 2.42. The van der Waals surface area contributed by atoms with Gasteiger partial charge < -0.3 is 9.80 Å². The minimum Gasteiger partial charge on any atom is -0.335 e. The van der Waals surface area contributed by atoms with E-state index in [-0.39, 0.29) is 17.4 Å². The maximum atomic E-state index is 13.7. The van der Waals surface area contributed by atoms with Crippen LogP contribution >= 0.6 is 0 Å². The lowest BCUT2D eigenvalue weighted by Gasteiger charge is -2.34. The Labute approximate surface area is 134 Å². The van der Waals surface area contributed by atoms with Gasteiger partial charge in [-0.1, -0.05) is 30.3 Å². The second kappa shape index (κ2) is 6.60. The van der Waals surface area contributed by atoms with E-state index in [1.165, 1.54) is 12.1 Å². The van der Waals surface area contributed by atoms with Crippen molar-refractivity contribution < 1.29 is 14.0 Å². The van der Waals surface area contributed by atoms with Gasteiger partial charge in [-0.2, -0.15) is 0 Å². The molecular weight excluding hydrogens is 295 g/mol. The minimum atomic E-state index is -0.514. The minimum absolute atomic E-state index is 0.0383. The average Bonchev–Trinajstić information content (AvgIpc) is 2.62. The summed E-state index contributed by atoms with van der Waals surface area (Å²) in [6.45, 7) is 1.72. The van der Waals surface area contributed by atoms with Crippen LogP contribution in [-0.4, -0.2) is 47.8 Å². The Balaban J connectivity index is 1.64. The number of hydrogen-bond donors (Lipinski definition) is 0. The van der Waals surface area contributed by atoms with Gasteiger partial charge in [0.05, 0.1) is 5.56 Å². The van der Waals surface area contributed by atoms with Gasteiger partial charge in [0.25, 0.3) is 11.8 Å². The fourth-order valence-electron chi connectivity index (χ4n) is 2.68. The number of halogens is 1. The molecule has 4 nitrogen and oxygen atoms in total. The maximum absolute atomic E-state index is 13.7. The number of amides is 2. The molecule has 3 rings (SSSR count). The normalized spacial score (nSPS) is 14.7. The van der Waals surface area contributed by atoms with E-state index >= 15 is 0 Å². The Morgan fingerprint density at radius 2 is 1.26 bits per heavy atom. The van der Waals surface area contributed by atoms with Gasteiger partial charge in [0.1, 0.15) is 5.82 Å². The molecule has 0 radical (unpaired) electrons. The highest BCUT2D eigenvalue weighted by atomic mass is 19.1. The second-order valence-corrected chi connectivity index (χ2v) is 5.43. The zero-order chi connectivity index (χ0) is 16.2. The smallest absolute Gasteiger partial charge is 0.256 e. The summed E-state index contributed by atoms with van der Waals surface area (Å²) in [5.41, 5.74) is 0.719. The van der Waals surface area contributed by atoms with Crippen molar-refractivity contribution in [1.82, 2.24) is 9.80 Å². The number of hydrogen-bond acceptors (Lipinski definition) is 2. The quantitative estimate of drug-likeness (QED) is 0.854. The number of benzene rings is 2. The van der Waals surface area contributed by atoms with Gasteiger partial charge in [-0.25, -0.2) is 4.39 Å². The predicted molar refractivity (Wildman–Crippen MR) is 84.6 cm³/mol. The zero-order valence-electron chi connectivity index (χ0n) is 12.6. The molecule has 0 bridgehead atoms. The van der Waals surface area contributed by atoms with Crippen molar-refractivity contribution in [3.05, 3.63) is 71.5 Å². The van der Waals surface area contributed by atoms with E-state index in [1.54, 1.807) is 34.1 Å². The molecule has 5 heteroatoms. The van der Waals surface area contributed by atoms with E-state index in [0.717, 1.165) is 0 Å². The Kier molecular flexibility index (Phi) is 4.37. The molecule has 2 aromatic carbocycles. The van der Waals surface area contributed by atoms with Crippen LogP contribution in [0.1, 0.15) is 20.7 Å². The van der Waals surface area contributed by atoms with Crippen molar-refractivity contribution >= 4 is 11.8 Å². The van der Waals surface area contributed by atoms with Crippen LogP contribution in [0.5, 0.6) is 0 Å². The second-order valence-electron chi connectivity index (χ2n) is 5.43. The maximum Gasteiger partial charge on any atom is 0.256 e. The van der Waals surface area contributed by atoms with Gasteiger partial charge in [-0.05, 0) is 24.3 Å². The fraction of sp³-hybridized carbons (Fsp3) is 0.222. The third kappa shape index (κ3) is 3.23. The lowest BCUT2D eigenvalue weighted by Crippen LogP contribution is -2.50. The van der Waals surface area contributed by atoms with Crippen LogP contribution in [-0.2, 0) is 0 Å². The number of nitrogens with zero attached hydrogens (tertiary/aromatic N) is 2. The fourth-order valence-corrected chi connectivity index (χ4v) is 2.68. The van der Waals surface area contributed by atoms with Crippen molar-refractivity contribution in [3.8, 4) is 0 Å². The van der Waals surface area contributed by atoms with Crippen LogP contribution in [0.2, 0.25) is 0 Å². The number of rotatable bonds is 2. The van der Waals surface area contributed by atoms with Crippen molar-refractivity contribution in [2.24, 2.45) is 0 Å². The first-order chi connectivity index (χ1) is 11.2. The van der Waals surface area contributed by atoms with Crippen molar-refractivity contribution in [3.63, 3.8) is 0 Å². The molecule has 1 aliphatic heterocycles. The zero-order valence-corrected chi connectivity index (χ0v) is 12.6. The van der Waals surface area contributed by atoms with Crippen LogP contribution in [0.25, 0.3) is 0 Å². The highest BCUT2D eigenvalue weighted by Crippen LogP contribution is 2.14. The molecule has 1 heterocycles. The monoisotopic (exact) mass is 312 g/mol. The summed E-state index contributed by atoms with van der Waals surface area (Å²) in [4.78, 5) is 28.0. The number of carbonyl (C=O) groups excluding carboxylic acids is 2. The molecule has 0 N–H and O–H groups in total. The Bertz CT molecular complexity index is 710. The summed E-state index contributed by atoms with van der Waals surface area (Å²) in [5, 5.41) is 0. The standard InChI is InChI=1S/C18H17FN2O2/c19-16-9-5-4-8-15(16)18(23)21-12-10-20(11-13-21)17(22)14-6-2-1-3-7-14/h1-9H,10-13H2. The molecule has 1 aliphatic rings. The van der Waals surface area contributed by atoms with E-state index in [9.17, 15) is 14.0 Å². The summed E-state index contributed by atoms with van der Waals surface area (Å²) in [5.74, 6) is -0.876. The Morgan fingerprint density at radius 3 is 1.87 bits per heavy atom. The third-order valence-corrected chi connectivity index (χ3v) is 3.98. The van der Waals surface area contributed by atoms with Gasteiger partial charge in [0, 0.05) is 31.7 Å². The molecule has 0 saturated carbocycles. The number of carbonyl (C=O) groups is 2. The van der Waals surface area contributed by atoms with Gasteiger partial charge in [0.2, 0.25) is 0 Å². The van der Waals surface area contributed by atoms with Crippen LogP contribution in [0.3, 0.4) is 0 Å². The van der Waals surface area contributed by atoms with E-state index < -0.39 is 5.82 Å². The Morgan fingerprint density at radius 1 is 0.739 bits per heavy atom. The van der Waals surface area contributed by atoms with Crippen LogP contribution in [0.4, 0.5) is 4.39 Å². The summed E-state index contributed by atoms with van der Waals surface area (Å²) < 4.78 is 13.7. The molecule has 0 spiro atoms. The Hall–Kier alpha value is -2.69. The SMILES string of the molecule is O=C(c1ccccc1)N1CCN(C(=O)c2ccccc2F)CC1. The summed E-state index contributed by atoms with van der Waals surface area (Å²) in [6, 6.07) is 15.0. The lowest BCUT2D eigenvalue weighted by atomic mass is 10.1. The average molecular weight is 312 g/mol. The largest absolute Gasteiger partial charge is 0.335 e. The van der Waals surface area contributed by atoms with Crippen molar-refractivity contribution in [2.45, 2.75) is 0 Å². The first kappa shape index (κ1) is 15.2. The molecular formula is C18H17FN2O2. The third-order valence-electron chi connectivity index (χ3n) is 3.98. The molecule has 1 saturated heterocycles. The molecule has 23 heavy (non-hydrogen) atoms. The van der Waals surface area contributed by atoms with Crippen molar-refractivity contribution in [2.75, 3.05) is 26.2 Å². The van der Waals surface area contributed by atoms with Gasteiger partial charge in [-0.15, -0.1) is 0 Å². The topological polar surface area (TPSA) is 40.6 Å². The molecule has 2 aromatic rings. The van der Waals surface area contributed by atoms with Gasteiger partial charge >= 0.3 is 0 Å². The lowest BCUT2D eigenvalue weighted by molar-refractivity contribution is 0.0533. The first-order valence-corrected chi connectivity index (χ1v) is 7.55. The van der Waals surface area contributed by atoms with Gasteiger partial charge in [-0.3, -0.25) is 9.59 Å². The van der Waals surface area contributed by atoms with Gasteiger partial charge in [0.15, 0.2) is 0 Å². The highest BCUT2D eigenvalue weighted by Gasteiger charge is 2.26. The molecule has 0 unspecified atom stereocenters. The van der Waals surface area contributed by atoms with Crippen molar-refractivity contribution in [1.29, 1.82) is 0 Å². The summed E-state index contributed by atoms with van der Waals surface area (Å²) in [7, 11) is 0. The molecule has 1 fully saturated rings. The van der Waals surface area contributed by atoms with E-state index in [0.29, 0.717) is 31.7 Å². The van der Waals surface area contributed by atoms with Crippen LogP contribution in [0, 0.1) is 5.82 Å². The van der Waals surface area contributed by atoms with E-state index in [1.807, 2.05) is 18.2 Å². The highest BCUT2D eigenvalue weighted by molar-refractivity contribution is 5.96. The molecule has 0 atom stereocenters. The molecule has 118 valence electrons.